The number of hydrogen-bond donors (Lipinski definition) is 0. The van der Waals surface area contributed by atoms with Crippen molar-refractivity contribution in [3.63, 3.8) is 0 Å². The lowest BCUT2D eigenvalue weighted by Gasteiger charge is -2.12. The molecule has 0 saturated heterocycles. The quantitative estimate of drug-likeness (QED) is 0.773. The van der Waals surface area contributed by atoms with Crippen molar-refractivity contribution in [3.05, 3.63) is 51.8 Å². The monoisotopic (exact) mass is 298 g/mol. The fourth-order valence-corrected chi connectivity index (χ4v) is 2.34. The van der Waals surface area contributed by atoms with Crippen LogP contribution in [0, 0.1) is 5.82 Å². The number of carbonyl (C=O) groups is 1. The van der Waals surface area contributed by atoms with E-state index in [1.54, 1.807) is 6.07 Å². The van der Waals surface area contributed by atoms with Gasteiger partial charge in [0.15, 0.2) is 6.29 Å². The van der Waals surface area contributed by atoms with Gasteiger partial charge in [-0.3, -0.25) is 4.79 Å². The fourth-order valence-electron chi connectivity index (χ4n) is 1.78. The zero-order valence-electron chi connectivity index (χ0n) is 9.91. The molecule has 0 saturated carbocycles. The highest BCUT2D eigenvalue weighted by molar-refractivity contribution is 6.40. The third-order valence-corrected chi connectivity index (χ3v) is 3.43. The van der Waals surface area contributed by atoms with Crippen LogP contribution in [0.5, 0.6) is 5.75 Å². The van der Waals surface area contributed by atoms with Crippen molar-refractivity contribution in [1.82, 2.24) is 0 Å². The van der Waals surface area contributed by atoms with Crippen LogP contribution in [-0.2, 0) is 0 Å². The van der Waals surface area contributed by atoms with E-state index >= 15 is 0 Å². The van der Waals surface area contributed by atoms with E-state index in [1.807, 2.05) is 0 Å². The first-order valence-electron chi connectivity index (χ1n) is 5.35. The van der Waals surface area contributed by atoms with Crippen molar-refractivity contribution in [2.45, 2.75) is 0 Å². The summed E-state index contributed by atoms with van der Waals surface area (Å²) in [4.78, 5) is 11.0. The molecule has 0 aliphatic rings. The van der Waals surface area contributed by atoms with E-state index in [1.165, 1.54) is 31.4 Å². The van der Waals surface area contributed by atoms with Gasteiger partial charge in [0.1, 0.15) is 11.6 Å². The van der Waals surface area contributed by atoms with Gasteiger partial charge in [0.05, 0.1) is 22.7 Å². The molecule has 0 unspecified atom stereocenters. The van der Waals surface area contributed by atoms with Crippen LogP contribution in [0.25, 0.3) is 11.1 Å². The van der Waals surface area contributed by atoms with Crippen LogP contribution in [0.15, 0.2) is 30.3 Å². The van der Waals surface area contributed by atoms with Crippen LogP contribution in [0.3, 0.4) is 0 Å². The Balaban J connectivity index is 2.72. The summed E-state index contributed by atoms with van der Waals surface area (Å²) in [5.41, 5.74) is 1.13. The molecule has 98 valence electrons. The van der Waals surface area contributed by atoms with Crippen molar-refractivity contribution >= 4 is 29.5 Å². The summed E-state index contributed by atoms with van der Waals surface area (Å²) in [6.45, 7) is 0. The smallest absolute Gasteiger partial charge is 0.153 e. The number of ether oxygens (including phenoxy) is 1. The topological polar surface area (TPSA) is 26.3 Å². The summed E-state index contributed by atoms with van der Waals surface area (Å²) in [6.07, 6.45) is 0.569. The van der Waals surface area contributed by atoms with Crippen molar-refractivity contribution in [1.29, 1.82) is 0 Å². The van der Waals surface area contributed by atoms with Gasteiger partial charge in [0.25, 0.3) is 0 Å². The second-order valence-corrected chi connectivity index (χ2v) is 4.57. The predicted octanol–water partition coefficient (Wildman–Crippen LogP) is 4.62. The molecular formula is C14H9Cl2FO2. The van der Waals surface area contributed by atoms with E-state index in [4.69, 9.17) is 27.9 Å². The lowest BCUT2D eigenvalue weighted by Crippen LogP contribution is -1.93. The largest absolute Gasteiger partial charge is 0.496 e. The second kappa shape index (κ2) is 5.59. The standard InChI is InChI=1S/C14H9Cl2FO2/c1-19-13-5-2-8(17)6-10(13)9-3-4-12(15)11(7-18)14(9)16/h2-7H,1H3. The number of benzene rings is 2. The van der Waals surface area contributed by atoms with Gasteiger partial charge < -0.3 is 4.74 Å². The van der Waals surface area contributed by atoms with Gasteiger partial charge in [-0.1, -0.05) is 29.3 Å². The molecule has 2 rings (SSSR count). The minimum Gasteiger partial charge on any atom is -0.496 e. The van der Waals surface area contributed by atoms with Crippen LogP contribution in [0.2, 0.25) is 10.0 Å². The molecule has 2 aromatic carbocycles. The normalized spacial score (nSPS) is 10.3. The maximum atomic E-state index is 13.4. The van der Waals surface area contributed by atoms with E-state index in [-0.39, 0.29) is 15.6 Å². The number of hydrogen-bond acceptors (Lipinski definition) is 2. The molecule has 2 aromatic rings. The summed E-state index contributed by atoms with van der Waals surface area (Å²) >= 11 is 12.0. The molecule has 0 amide bonds. The molecule has 0 N–H and O–H groups in total. The molecule has 0 aliphatic heterocycles. The SMILES string of the molecule is COc1ccc(F)cc1-c1ccc(Cl)c(C=O)c1Cl. The molecule has 19 heavy (non-hydrogen) atoms. The zero-order chi connectivity index (χ0) is 14.0. The molecular weight excluding hydrogens is 290 g/mol. The van der Waals surface area contributed by atoms with Crippen LogP contribution >= 0.6 is 23.2 Å². The van der Waals surface area contributed by atoms with Gasteiger partial charge in [-0.05, 0) is 24.3 Å². The first kappa shape index (κ1) is 13.8. The van der Waals surface area contributed by atoms with Crippen LogP contribution in [-0.4, -0.2) is 13.4 Å². The van der Waals surface area contributed by atoms with Gasteiger partial charge in [-0.15, -0.1) is 0 Å². The summed E-state index contributed by atoms with van der Waals surface area (Å²) in [5, 5.41) is 0.422. The third-order valence-electron chi connectivity index (χ3n) is 2.70. The van der Waals surface area contributed by atoms with E-state index in [2.05, 4.69) is 0 Å². The van der Waals surface area contributed by atoms with E-state index in [0.29, 0.717) is 23.2 Å². The molecule has 0 heterocycles. The predicted molar refractivity (Wildman–Crippen MR) is 73.8 cm³/mol. The Labute approximate surface area is 119 Å². The molecule has 0 bridgehead atoms. The van der Waals surface area contributed by atoms with Gasteiger partial charge in [-0.2, -0.15) is 0 Å². The Morgan fingerprint density at radius 2 is 1.89 bits per heavy atom. The molecule has 0 fully saturated rings. The number of methoxy groups -OCH3 is 1. The Morgan fingerprint density at radius 1 is 1.16 bits per heavy atom. The minimum absolute atomic E-state index is 0.173. The Bertz CT molecular complexity index is 642. The maximum absolute atomic E-state index is 13.4. The summed E-state index contributed by atoms with van der Waals surface area (Å²) < 4.78 is 18.5. The molecule has 0 aromatic heterocycles. The highest BCUT2D eigenvalue weighted by Crippen LogP contribution is 2.38. The number of halogens is 3. The third kappa shape index (κ3) is 2.57. The highest BCUT2D eigenvalue weighted by Gasteiger charge is 2.15. The molecule has 5 heteroatoms. The maximum Gasteiger partial charge on any atom is 0.153 e. The number of aldehydes is 1. The van der Waals surface area contributed by atoms with Gasteiger partial charge in [-0.25, -0.2) is 4.39 Å². The van der Waals surface area contributed by atoms with Gasteiger partial charge in [0, 0.05) is 11.1 Å². The van der Waals surface area contributed by atoms with E-state index in [9.17, 15) is 9.18 Å². The molecule has 0 aliphatic carbocycles. The lowest BCUT2D eigenvalue weighted by molar-refractivity contribution is 0.112. The Hall–Kier alpha value is -1.58. The first-order chi connectivity index (χ1) is 9.08. The van der Waals surface area contributed by atoms with Crippen LogP contribution in [0.4, 0.5) is 4.39 Å². The molecule has 0 spiro atoms. The van der Waals surface area contributed by atoms with Crippen LogP contribution < -0.4 is 4.74 Å². The summed E-state index contributed by atoms with van der Waals surface area (Å²) in [7, 11) is 1.47. The second-order valence-electron chi connectivity index (χ2n) is 3.79. The highest BCUT2D eigenvalue weighted by atomic mass is 35.5. The summed E-state index contributed by atoms with van der Waals surface area (Å²) in [5.74, 6) is 0.0388. The Kier molecular flexibility index (Phi) is 4.08. The summed E-state index contributed by atoms with van der Waals surface area (Å²) in [6, 6.07) is 7.23. The average molecular weight is 299 g/mol. The molecule has 0 atom stereocenters. The number of carbonyl (C=O) groups excluding carboxylic acids is 1. The van der Waals surface area contributed by atoms with E-state index < -0.39 is 5.82 Å². The first-order valence-corrected chi connectivity index (χ1v) is 6.11. The Morgan fingerprint density at radius 3 is 2.53 bits per heavy atom. The van der Waals surface area contributed by atoms with Crippen molar-refractivity contribution in [2.75, 3.05) is 7.11 Å². The minimum atomic E-state index is -0.422. The van der Waals surface area contributed by atoms with Crippen molar-refractivity contribution in [2.24, 2.45) is 0 Å². The number of rotatable bonds is 3. The zero-order valence-corrected chi connectivity index (χ0v) is 11.4. The van der Waals surface area contributed by atoms with Gasteiger partial charge >= 0.3 is 0 Å². The molecule has 2 nitrogen and oxygen atoms in total. The lowest BCUT2D eigenvalue weighted by atomic mass is 10.0. The van der Waals surface area contributed by atoms with E-state index in [0.717, 1.165) is 0 Å². The van der Waals surface area contributed by atoms with Crippen molar-refractivity contribution in [3.8, 4) is 16.9 Å². The van der Waals surface area contributed by atoms with Crippen LogP contribution in [0.1, 0.15) is 10.4 Å². The van der Waals surface area contributed by atoms with Gasteiger partial charge in [0.2, 0.25) is 0 Å². The van der Waals surface area contributed by atoms with Crippen molar-refractivity contribution < 1.29 is 13.9 Å². The fraction of sp³-hybridized carbons (Fsp3) is 0.0714. The molecule has 0 radical (unpaired) electrons. The average Bonchev–Trinajstić information content (AvgIpc) is 2.39.